The highest BCUT2D eigenvalue weighted by atomic mass is 35.5. The minimum atomic E-state index is -0.0441. The van der Waals surface area contributed by atoms with Crippen LogP contribution in [0.15, 0.2) is 0 Å². The standard InChI is InChI=1S/C13H25N3O3.ClH/c1-19-9-6-13(18)16-8-3-2-4-11(16)10-15-12(17)5-7-14;/h11H,2-10,14H2,1H3,(H,15,17);1H. The number of hydrogen-bond donors (Lipinski definition) is 2. The second kappa shape index (κ2) is 10.9. The Bertz CT molecular complexity index is 303. The molecule has 6 nitrogen and oxygen atoms in total. The maximum atomic E-state index is 12.1. The molecule has 0 spiro atoms. The Balaban J connectivity index is 0.00000361. The molecule has 1 aliphatic rings. The predicted octanol–water partition coefficient (Wildman–Crippen LogP) is 0.291. The molecular weight excluding hydrogens is 282 g/mol. The van der Waals surface area contributed by atoms with Crippen molar-refractivity contribution in [3.8, 4) is 0 Å². The van der Waals surface area contributed by atoms with E-state index in [2.05, 4.69) is 5.32 Å². The first-order valence-electron chi connectivity index (χ1n) is 6.94. The second-order valence-electron chi connectivity index (χ2n) is 4.82. The molecule has 1 rings (SSSR count). The topological polar surface area (TPSA) is 84.7 Å². The summed E-state index contributed by atoms with van der Waals surface area (Å²) >= 11 is 0. The maximum Gasteiger partial charge on any atom is 0.225 e. The molecule has 0 saturated carbocycles. The van der Waals surface area contributed by atoms with E-state index in [1.165, 1.54) is 0 Å². The van der Waals surface area contributed by atoms with E-state index in [4.69, 9.17) is 10.5 Å². The van der Waals surface area contributed by atoms with Crippen LogP contribution in [-0.2, 0) is 14.3 Å². The zero-order chi connectivity index (χ0) is 14.1. The van der Waals surface area contributed by atoms with Gasteiger partial charge in [0.15, 0.2) is 0 Å². The van der Waals surface area contributed by atoms with Gasteiger partial charge in [-0.15, -0.1) is 12.4 Å². The van der Waals surface area contributed by atoms with Crippen molar-refractivity contribution in [2.24, 2.45) is 5.73 Å². The first-order valence-corrected chi connectivity index (χ1v) is 6.94. The van der Waals surface area contributed by atoms with Gasteiger partial charge in [0.25, 0.3) is 0 Å². The smallest absolute Gasteiger partial charge is 0.225 e. The van der Waals surface area contributed by atoms with E-state index in [-0.39, 0.29) is 30.3 Å². The minimum Gasteiger partial charge on any atom is -0.384 e. The summed E-state index contributed by atoms with van der Waals surface area (Å²) in [5.74, 6) is 0.0667. The molecule has 1 fully saturated rings. The Morgan fingerprint density at radius 2 is 2.10 bits per heavy atom. The number of likely N-dealkylation sites (tertiary alicyclic amines) is 1. The summed E-state index contributed by atoms with van der Waals surface area (Å²) in [7, 11) is 1.59. The summed E-state index contributed by atoms with van der Waals surface area (Å²) in [6, 6.07) is 0.111. The summed E-state index contributed by atoms with van der Waals surface area (Å²) in [4.78, 5) is 25.4. The molecule has 0 aromatic rings. The van der Waals surface area contributed by atoms with Gasteiger partial charge in [0.1, 0.15) is 0 Å². The number of amides is 2. The fourth-order valence-corrected chi connectivity index (χ4v) is 2.33. The lowest BCUT2D eigenvalue weighted by Crippen LogP contribution is -2.49. The van der Waals surface area contributed by atoms with Crippen molar-refractivity contribution in [1.29, 1.82) is 0 Å². The number of carbonyl (C=O) groups is 2. The molecule has 118 valence electrons. The molecule has 0 aromatic carbocycles. The fourth-order valence-electron chi connectivity index (χ4n) is 2.33. The maximum absolute atomic E-state index is 12.1. The monoisotopic (exact) mass is 307 g/mol. The van der Waals surface area contributed by atoms with E-state index in [0.717, 1.165) is 25.8 Å². The van der Waals surface area contributed by atoms with Crippen molar-refractivity contribution in [1.82, 2.24) is 10.2 Å². The van der Waals surface area contributed by atoms with Gasteiger partial charge in [-0.05, 0) is 19.3 Å². The zero-order valence-corrected chi connectivity index (χ0v) is 12.9. The third kappa shape index (κ3) is 6.54. The number of carbonyl (C=O) groups excluding carboxylic acids is 2. The first-order chi connectivity index (χ1) is 9.19. The molecule has 1 atom stereocenters. The summed E-state index contributed by atoms with van der Waals surface area (Å²) in [5, 5.41) is 2.85. The van der Waals surface area contributed by atoms with E-state index in [1.807, 2.05) is 4.90 Å². The average molecular weight is 308 g/mol. The van der Waals surface area contributed by atoms with Crippen LogP contribution in [0.3, 0.4) is 0 Å². The van der Waals surface area contributed by atoms with Gasteiger partial charge < -0.3 is 20.7 Å². The fraction of sp³-hybridized carbons (Fsp3) is 0.846. The highest BCUT2D eigenvalue weighted by molar-refractivity contribution is 5.85. The lowest BCUT2D eigenvalue weighted by molar-refractivity contribution is -0.136. The Hall–Kier alpha value is -0.850. The number of halogens is 1. The Morgan fingerprint density at radius 1 is 1.35 bits per heavy atom. The van der Waals surface area contributed by atoms with E-state index in [0.29, 0.717) is 32.5 Å². The second-order valence-corrected chi connectivity index (χ2v) is 4.82. The van der Waals surface area contributed by atoms with Gasteiger partial charge >= 0.3 is 0 Å². The van der Waals surface area contributed by atoms with Crippen LogP contribution >= 0.6 is 12.4 Å². The van der Waals surface area contributed by atoms with Crippen LogP contribution in [0.1, 0.15) is 32.1 Å². The van der Waals surface area contributed by atoms with E-state index >= 15 is 0 Å². The SMILES string of the molecule is COCCC(=O)N1CCCCC1CNC(=O)CCN.Cl. The van der Waals surface area contributed by atoms with Crippen molar-refractivity contribution in [2.45, 2.75) is 38.1 Å². The predicted molar refractivity (Wildman–Crippen MR) is 79.8 cm³/mol. The summed E-state index contributed by atoms with van der Waals surface area (Å²) in [5.41, 5.74) is 5.33. The largest absolute Gasteiger partial charge is 0.384 e. The van der Waals surface area contributed by atoms with Crippen LogP contribution in [0.4, 0.5) is 0 Å². The molecule has 3 N–H and O–H groups in total. The highest BCUT2D eigenvalue weighted by Crippen LogP contribution is 2.17. The number of ether oxygens (including phenoxy) is 1. The first kappa shape index (κ1) is 19.1. The number of hydrogen-bond acceptors (Lipinski definition) is 4. The van der Waals surface area contributed by atoms with Crippen LogP contribution in [0.5, 0.6) is 0 Å². The van der Waals surface area contributed by atoms with Crippen molar-refractivity contribution < 1.29 is 14.3 Å². The van der Waals surface area contributed by atoms with E-state index in [1.54, 1.807) is 7.11 Å². The summed E-state index contributed by atoms with van der Waals surface area (Å²) in [6.07, 6.45) is 3.83. The van der Waals surface area contributed by atoms with E-state index < -0.39 is 0 Å². The molecule has 7 heteroatoms. The van der Waals surface area contributed by atoms with Gasteiger partial charge in [-0.3, -0.25) is 9.59 Å². The Kier molecular flexibility index (Phi) is 10.4. The normalized spacial score (nSPS) is 18.3. The summed E-state index contributed by atoms with van der Waals surface area (Å²) < 4.78 is 4.94. The lowest BCUT2D eigenvalue weighted by Gasteiger charge is -2.36. The minimum absolute atomic E-state index is 0. The van der Waals surface area contributed by atoms with Crippen molar-refractivity contribution in [2.75, 3.05) is 33.4 Å². The number of nitrogens with zero attached hydrogens (tertiary/aromatic N) is 1. The van der Waals surface area contributed by atoms with Crippen LogP contribution in [0, 0.1) is 0 Å². The Morgan fingerprint density at radius 3 is 2.75 bits per heavy atom. The van der Waals surface area contributed by atoms with Gasteiger partial charge in [0.2, 0.25) is 11.8 Å². The number of piperidine rings is 1. The van der Waals surface area contributed by atoms with Crippen LogP contribution in [0.25, 0.3) is 0 Å². The third-order valence-corrected chi connectivity index (χ3v) is 3.37. The molecule has 1 aliphatic heterocycles. The van der Waals surface area contributed by atoms with Crippen molar-refractivity contribution in [3.05, 3.63) is 0 Å². The van der Waals surface area contributed by atoms with Crippen LogP contribution < -0.4 is 11.1 Å². The molecule has 20 heavy (non-hydrogen) atoms. The van der Waals surface area contributed by atoms with Crippen molar-refractivity contribution >= 4 is 24.2 Å². The molecular formula is C13H26ClN3O3. The molecule has 0 bridgehead atoms. The van der Waals surface area contributed by atoms with Gasteiger partial charge in [0, 0.05) is 39.2 Å². The average Bonchev–Trinajstić information content (AvgIpc) is 2.43. The number of rotatable bonds is 7. The molecule has 2 amide bonds. The molecule has 0 aliphatic carbocycles. The van der Waals surface area contributed by atoms with Gasteiger partial charge in [-0.1, -0.05) is 0 Å². The molecule has 1 unspecified atom stereocenters. The Labute approximate surface area is 126 Å². The molecule has 0 aromatic heterocycles. The number of nitrogens with one attached hydrogen (secondary N) is 1. The zero-order valence-electron chi connectivity index (χ0n) is 12.1. The quantitative estimate of drug-likeness (QED) is 0.708. The number of nitrogens with two attached hydrogens (primary N) is 1. The van der Waals surface area contributed by atoms with Crippen LogP contribution in [-0.4, -0.2) is 56.1 Å². The lowest BCUT2D eigenvalue weighted by atomic mass is 10.0. The van der Waals surface area contributed by atoms with Gasteiger partial charge in [-0.25, -0.2) is 0 Å². The van der Waals surface area contributed by atoms with E-state index in [9.17, 15) is 9.59 Å². The molecule has 1 saturated heterocycles. The highest BCUT2D eigenvalue weighted by Gasteiger charge is 2.26. The van der Waals surface area contributed by atoms with Crippen LogP contribution in [0.2, 0.25) is 0 Å². The van der Waals surface area contributed by atoms with Gasteiger partial charge in [0.05, 0.1) is 13.0 Å². The molecule has 1 heterocycles. The summed E-state index contributed by atoms with van der Waals surface area (Å²) in [6.45, 7) is 2.10. The van der Waals surface area contributed by atoms with Gasteiger partial charge in [-0.2, -0.15) is 0 Å². The van der Waals surface area contributed by atoms with Crippen molar-refractivity contribution in [3.63, 3.8) is 0 Å². The molecule has 0 radical (unpaired) electrons. The third-order valence-electron chi connectivity index (χ3n) is 3.37. The number of methoxy groups -OCH3 is 1.